The average molecular weight is 257 g/mol. The van der Waals surface area contributed by atoms with Crippen molar-refractivity contribution in [1.82, 2.24) is 4.98 Å². The highest BCUT2D eigenvalue weighted by Gasteiger charge is 2.13. The zero-order chi connectivity index (χ0) is 12.8. The van der Waals surface area contributed by atoms with E-state index in [9.17, 15) is 4.79 Å². The topological polar surface area (TPSA) is 65.2 Å². The van der Waals surface area contributed by atoms with Crippen LogP contribution in [-0.4, -0.2) is 17.6 Å². The van der Waals surface area contributed by atoms with E-state index in [0.29, 0.717) is 18.2 Å². The zero-order valence-corrected chi connectivity index (χ0v) is 10.8. The number of rotatable bonds is 5. The number of halogens is 1. The Hall–Kier alpha value is -1.29. The molecule has 0 amide bonds. The normalized spacial score (nSPS) is 10.6. The first kappa shape index (κ1) is 13.8. The Labute approximate surface area is 106 Å². The molecule has 1 rings (SSSR count). The van der Waals surface area contributed by atoms with E-state index in [1.807, 2.05) is 0 Å². The lowest BCUT2D eigenvalue weighted by Crippen LogP contribution is -2.09. The molecule has 0 spiro atoms. The molecule has 1 heterocycles. The van der Waals surface area contributed by atoms with Crippen molar-refractivity contribution in [3.05, 3.63) is 23.0 Å². The molecule has 0 aliphatic heterocycles. The number of nitrogens with two attached hydrogens (primary N) is 1. The van der Waals surface area contributed by atoms with E-state index in [4.69, 9.17) is 22.1 Å². The molecule has 0 fully saturated rings. The average Bonchev–Trinajstić information content (AvgIpc) is 2.27. The van der Waals surface area contributed by atoms with E-state index in [2.05, 4.69) is 18.8 Å². The van der Waals surface area contributed by atoms with Gasteiger partial charge in [0.15, 0.2) is 0 Å². The van der Waals surface area contributed by atoms with Crippen LogP contribution >= 0.6 is 11.6 Å². The number of nitrogen functional groups attached to an aromatic ring is 1. The summed E-state index contributed by atoms with van der Waals surface area (Å²) < 4.78 is 5.10. The van der Waals surface area contributed by atoms with E-state index >= 15 is 0 Å². The molecule has 17 heavy (non-hydrogen) atoms. The zero-order valence-electron chi connectivity index (χ0n) is 10.1. The molecule has 0 unspecified atom stereocenters. The van der Waals surface area contributed by atoms with Gasteiger partial charge >= 0.3 is 5.97 Å². The third-order valence-corrected chi connectivity index (χ3v) is 2.54. The van der Waals surface area contributed by atoms with Gasteiger partial charge in [-0.1, -0.05) is 25.4 Å². The molecule has 94 valence electrons. The third kappa shape index (κ3) is 4.61. The second-order valence-electron chi connectivity index (χ2n) is 4.28. The van der Waals surface area contributed by atoms with Crippen molar-refractivity contribution in [1.29, 1.82) is 0 Å². The number of carbonyl (C=O) groups is 1. The first-order valence-corrected chi connectivity index (χ1v) is 5.96. The highest BCUT2D eigenvalue weighted by atomic mass is 35.5. The van der Waals surface area contributed by atoms with Gasteiger partial charge in [-0.15, -0.1) is 0 Å². The van der Waals surface area contributed by atoms with Crippen molar-refractivity contribution in [3.63, 3.8) is 0 Å². The van der Waals surface area contributed by atoms with Crippen LogP contribution < -0.4 is 5.73 Å². The van der Waals surface area contributed by atoms with E-state index in [1.54, 1.807) is 0 Å². The molecule has 0 saturated carbocycles. The van der Waals surface area contributed by atoms with Crippen LogP contribution in [0, 0.1) is 5.92 Å². The Morgan fingerprint density at radius 2 is 2.29 bits per heavy atom. The lowest BCUT2D eigenvalue weighted by Gasteiger charge is -2.07. The molecule has 0 bridgehead atoms. The van der Waals surface area contributed by atoms with Gasteiger partial charge in [-0.05, 0) is 24.8 Å². The second kappa shape index (κ2) is 6.45. The number of hydrogen-bond acceptors (Lipinski definition) is 4. The van der Waals surface area contributed by atoms with Gasteiger partial charge in [0.2, 0.25) is 0 Å². The smallest absolute Gasteiger partial charge is 0.341 e. The molecule has 2 N–H and O–H groups in total. The van der Waals surface area contributed by atoms with Crippen molar-refractivity contribution < 1.29 is 9.53 Å². The van der Waals surface area contributed by atoms with Crippen molar-refractivity contribution >= 4 is 23.3 Å². The van der Waals surface area contributed by atoms with Gasteiger partial charge in [-0.3, -0.25) is 0 Å². The van der Waals surface area contributed by atoms with Crippen LogP contribution in [0.4, 0.5) is 5.69 Å². The summed E-state index contributed by atoms with van der Waals surface area (Å²) in [5, 5.41) is 0.119. The predicted molar refractivity (Wildman–Crippen MR) is 68.0 cm³/mol. The summed E-state index contributed by atoms with van der Waals surface area (Å²) in [5.74, 6) is 0.130. The van der Waals surface area contributed by atoms with Crippen LogP contribution in [0.2, 0.25) is 5.15 Å². The van der Waals surface area contributed by atoms with E-state index in [0.717, 1.165) is 12.8 Å². The van der Waals surface area contributed by atoms with Crippen molar-refractivity contribution in [3.8, 4) is 0 Å². The number of anilines is 1. The summed E-state index contributed by atoms with van der Waals surface area (Å²) in [4.78, 5) is 15.5. The molecule has 0 aliphatic carbocycles. The summed E-state index contributed by atoms with van der Waals surface area (Å²) in [5.41, 5.74) is 6.14. The van der Waals surface area contributed by atoms with Crippen LogP contribution in [0.5, 0.6) is 0 Å². The Bertz CT molecular complexity index is 394. The minimum absolute atomic E-state index is 0.119. The Morgan fingerprint density at radius 3 is 2.94 bits per heavy atom. The molecular weight excluding hydrogens is 240 g/mol. The summed E-state index contributed by atoms with van der Waals surface area (Å²) in [7, 11) is 0. The summed E-state index contributed by atoms with van der Waals surface area (Å²) in [6.07, 6.45) is 3.27. The van der Waals surface area contributed by atoms with Crippen LogP contribution in [0.25, 0.3) is 0 Å². The molecular formula is C12H17ClN2O2. The lowest BCUT2D eigenvalue weighted by molar-refractivity contribution is 0.0494. The fourth-order valence-electron chi connectivity index (χ4n) is 1.34. The van der Waals surface area contributed by atoms with Gasteiger partial charge in [0.05, 0.1) is 24.1 Å². The maximum Gasteiger partial charge on any atom is 0.341 e. The number of hydrogen-bond donors (Lipinski definition) is 1. The molecule has 0 saturated heterocycles. The number of aromatic nitrogens is 1. The highest BCUT2D eigenvalue weighted by molar-refractivity contribution is 6.32. The van der Waals surface area contributed by atoms with Gasteiger partial charge in [0.25, 0.3) is 0 Å². The van der Waals surface area contributed by atoms with Gasteiger partial charge in [-0.25, -0.2) is 9.78 Å². The number of carbonyl (C=O) groups excluding carboxylic acids is 1. The summed E-state index contributed by atoms with van der Waals surface area (Å²) in [6, 6.07) is 1.47. The first-order valence-electron chi connectivity index (χ1n) is 5.59. The maximum atomic E-state index is 11.7. The standard InChI is InChI=1S/C12H17ClN2O2/c1-8(2)4-3-5-17-12(16)10-6-9(14)7-15-11(10)13/h6-8H,3-5,14H2,1-2H3. The quantitative estimate of drug-likeness (QED) is 0.500. The third-order valence-electron chi connectivity index (χ3n) is 2.24. The molecule has 0 radical (unpaired) electrons. The fourth-order valence-corrected chi connectivity index (χ4v) is 1.52. The Morgan fingerprint density at radius 1 is 1.59 bits per heavy atom. The van der Waals surface area contributed by atoms with Crippen LogP contribution in [0.3, 0.4) is 0 Å². The van der Waals surface area contributed by atoms with Crippen molar-refractivity contribution in [2.45, 2.75) is 26.7 Å². The Balaban J connectivity index is 2.49. The first-order chi connectivity index (χ1) is 8.00. The van der Waals surface area contributed by atoms with Gasteiger partial charge in [-0.2, -0.15) is 0 Å². The molecule has 0 aliphatic rings. The molecule has 1 aromatic heterocycles. The largest absolute Gasteiger partial charge is 0.462 e. The predicted octanol–water partition coefficient (Wildman–Crippen LogP) is 2.91. The van der Waals surface area contributed by atoms with Crippen molar-refractivity contribution in [2.75, 3.05) is 12.3 Å². The lowest BCUT2D eigenvalue weighted by atomic mass is 10.1. The van der Waals surface area contributed by atoms with E-state index < -0.39 is 5.97 Å². The molecule has 5 heteroatoms. The molecule has 0 atom stereocenters. The van der Waals surface area contributed by atoms with E-state index in [1.165, 1.54) is 12.3 Å². The minimum atomic E-state index is -0.474. The van der Waals surface area contributed by atoms with Gasteiger partial charge in [0.1, 0.15) is 5.15 Å². The summed E-state index contributed by atoms with van der Waals surface area (Å²) in [6.45, 7) is 4.64. The number of pyridine rings is 1. The SMILES string of the molecule is CC(C)CCCOC(=O)c1cc(N)cnc1Cl. The van der Waals surface area contributed by atoms with Crippen molar-refractivity contribution in [2.24, 2.45) is 5.92 Å². The van der Waals surface area contributed by atoms with Gasteiger partial charge < -0.3 is 10.5 Å². The van der Waals surface area contributed by atoms with Gasteiger partial charge in [0, 0.05) is 0 Å². The summed E-state index contributed by atoms with van der Waals surface area (Å²) >= 11 is 5.79. The van der Waals surface area contributed by atoms with Crippen LogP contribution in [-0.2, 0) is 4.74 Å². The minimum Gasteiger partial charge on any atom is -0.462 e. The van der Waals surface area contributed by atoms with Crippen LogP contribution in [0.1, 0.15) is 37.0 Å². The fraction of sp³-hybridized carbons (Fsp3) is 0.500. The van der Waals surface area contributed by atoms with E-state index in [-0.39, 0.29) is 10.7 Å². The molecule has 1 aromatic rings. The number of ether oxygens (including phenoxy) is 1. The van der Waals surface area contributed by atoms with Crippen LogP contribution in [0.15, 0.2) is 12.3 Å². The number of esters is 1. The molecule has 4 nitrogen and oxygen atoms in total. The Kier molecular flexibility index (Phi) is 5.22. The monoisotopic (exact) mass is 256 g/mol. The number of nitrogens with zero attached hydrogens (tertiary/aromatic N) is 1. The highest BCUT2D eigenvalue weighted by Crippen LogP contribution is 2.16. The maximum absolute atomic E-state index is 11.7. The molecule has 0 aromatic carbocycles. The second-order valence-corrected chi connectivity index (χ2v) is 4.64.